The third-order valence-corrected chi connectivity index (χ3v) is 6.19. The quantitative estimate of drug-likeness (QED) is 0.359. The molecule has 4 aromatic rings. The van der Waals surface area contributed by atoms with Gasteiger partial charge in [-0.25, -0.2) is 4.98 Å². The molecule has 0 aliphatic carbocycles. The first-order valence-corrected chi connectivity index (χ1v) is 10.7. The molecule has 0 fully saturated rings. The van der Waals surface area contributed by atoms with Gasteiger partial charge in [0.05, 0.1) is 22.5 Å². The van der Waals surface area contributed by atoms with Gasteiger partial charge in [-0.3, -0.25) is 14.7 Å². The fourth-order valence-electron chi connectivity index (χ4n) is 2.52. The van der Waals surface area contributed by atoms with E-state index >= 15 is 0 Å². The number of carbonyl (C=O) groups is 1. The molecular formula is C20H14BrN3OS2. The Hall–Kier alpha value is -2.35. The highest BCUT2D eigenvalue weighted by atomic mass is 79.9. The Balaban J connectivity index is 1.68. The van der Waals surface area contributed by atoms with Gasteiger partial charge in [0.1, 0.15) is 0 Å². The van der Waals surface area contributed by atoms with E-state index in [0.29, 0.717) is 11.7 Å². The van der Waals surface area contributed by atoms with Crippen molar-refractivity contribution in [3.8, 4) is 0 Å². The van der Waals surface area contributed by atoms with Crippen LogP contribution in [0.5, 0.6) is 0 Å². The minimum atomic E-state index is -0.118. The number of rotatable bonds is 5. The predicted molar refractivity (Wildman–Crippen MR) is 116 cm³/mol. The molecule has 0 spiro atoms. The van der Waals surface area contributed by atoms with Crippen LogP contribution in [0.3, 0.4) is 0 Å². The fourth-order valence-corrected chi connectivity index (χ4v) is 4.66. The zero-order chi connectivity index (χ0) is 18.6. The third kappa shape index (κ3) is 4.32. The molecule has 0 aliphatic heterocycles. The van der Waals surface area contributed by atoms with E-state index in [-0.39, 0.29) is 5.91 Å². The number of thiazole rings is 1. The molecule has 0 radical (unpaired) electrons. The number of benzene rings is 1. The Labute approximate surface area is 173 Å². The number of halogens is 1. The normalized spacial score (nSPS) is 11.3. The van der Waals surface area contributed by atoms with E-state index in [0.717, 1.165) is 25.3 Å². The van der Waals surface area contributed by atoms with Crippen LogP contribution in [-0.2, 0) is 11.3 Å². The maximum atomic E-state index is 13.0. The van der Waals surface area contributed by atoms with E-state index in [4.69, 9.17) is 0 Å². The van der Waals surface area contributed by atoms with Crippen molar-refractivity contribution >= 4 is 65.9 Å². The Morgan fingerprint density at radius 2 is 2.11 bits per heavy atom. The molecule has 1 amide bonds. The van der Waals surface area contributed by atoms with Gasteiger partial charge in [-0.15, -0.1) is 11.3 Å². The van der Waals surface area contributed by atoms with Gasteiger partial charge in [-0.1, -0.05) is 39.4 Å². The predicted octanol–water partition coefficient (Wildman–Crippen LogP) is 5.76. The van der Waals surface area contributed by atoms with Crippen molar-refractivity contribution in [2.45, 2.75) is 6.54 Å². The second-order valence-corrected chi connectivity index (χ2v) is 8.61. The lowest BCUT2D eigenvalue weighted by atomic mass is 10.3. The number of amides is 1. The second-order valence-electron chi connectivity index (χ2n) is 5.70. The first-order chi connectivity index (χ1) is 13.2. The molecule has 0 N–H and O–H groups in total. The lowest BCUT2D eigenvalue weighted by Crippen LogP contribution is -2.28. The molecule has 0 bridgehead atoms. The number of hydrogen-bond acceptors (Lipinski definition) is 5. The van der Waals surface area contributed by atoms with Gasteiger partial charge in [-0.05, 0) is 47.9 Å². The molecule has 4 nitrogen and oxygen atoms in total. The molecule has 3 aromatic heterocycles. The molecular weight excluding hydrogens is 442 g/mol. The van der Waals surface area contributed by atoms with Crippen LogP contribution in [0.1, 0.15) is 10.6 Å². The fraction of sp³-hybridized carbons (Fsp3) is 0.0500. The van der Waals surface area contributed by atoms with Crippen LogP contribution in [0.25, 0.3) is 16.3 Å². The van der Waals surface area contributed by atoms with Crippen LogP contribution >= 0.6 is 38.6 Å². The number of anilines is 1. The minimum absolute atomic E-state index is 0.118. The molecule has 134 valence electrons. The highest BCUT2D eigenvalue weighted by Crippen LogP contribution is 2.31. The molecule has 7 heteroatoms. The van der Waals surface area contributed by atoms with Gasteiger partial charge in [0, 0.05) is 21.6 Å². The van der Waals surface area contributed by atoms with Crippen LogP contribution in [0.15, 0.2) is 70.7 Å². The lowest BCUT2D eigenvalue weighted by molar-refractivity contribution is -0.114. The Morgan fingerprint density at radius 1 is 1.19 bits per heavy atom. The van der Waals surface area contributed by atoms with E-state index in [2.05, 4.69) is 25.9 Å². The molecule has 1 aromatic carbocycles. The van der Waals surface area contributed by atoms with Crippen molar-refractivity contribution in [2.24, 2.45) is 0 Å². The van der Waals surface area contributed by atoms with Crippen molar-refractivity contribution in [1.29, 1.82) is 0 Å². The average molecular weight is 456 g/mol. The maximum absolute atomic E-state index is 13.0. The zero-order valence-corrected chi connectivity index (χ0v) is 17.3. The first kappa shape index (κ1) is 18.0. The molecule has 0 atom stereocenters. The molecule has 0 saturated heterocycles. The standard InChI is InChI=1S/C20H14BrN3OS2/c21-14-6-8-17-18(12-14)27-20(23-17)24(13-15-4-1-2-10-22-15)19(25)9-7-16-5-3-11-26-16/h1-12H,13H2/b9-7+. The average Bonchev–Trinajstić information content (AvgIpc) is 3.34. The molecule has 4 rings (SSSR count). The van der Waals surface area contributed by atoms with E-state index in [1.165, 1.54) is 11.3 Å². The number of carbonyl (C=O) groups excluding carboxylic acids is 1. The number of nitrogens with zero attached hydrogens (tertiary/aromatic N) is 3. The molecule has 3 heterocycles. The summed E-state index contributed by atoms with van der Waals surface area (Å²) in [4.78, 5) is 24.7. The zero-order valence-electron chi connectivity index (χ0n) is 14.1. The monoisotopic (exact) mass is 455 g/mol. The molecule has 0 unspecified atom stereocenters. The van der Waals surface area contributed by atoms with E-state index in [9.17, 15) is 4.79 Å². The summed E-state index contributed by atoms with van der Waals surface area (Å²) in [7, 11) is 0. The van der Waals surface area contributed by atoms with Crippen LogP contribution in [0, 0.1) is 0 Å². The van der Waals surface area contributed by atoms with Crippen molar-refractivity contribution in [1.82, 2.24) is 9.97 Å². The minimum Gasteiger partial charge on any atom is -0.278 e. The highest BCUT2D eigenvalue weighted by molar-refractivity contribution is 9.10. The van der Waals surface area contributed by atoms with Crippen molar-refractivity contribution < 1.29 is 4.79 Å². The summed E-state index contributed by atoms with van der Waals surface area (Å²) in [5, 5.41) is 2.65. The van der Waals surface area contributed by atoms with E-state index in [1.807, 2.05) is 60.0 Å². The summed E-state index contributed by atoms with van der Waals surface area (Å²) in [6.07, 6.45) is 5.16. The SMILES string of the molecule is O=C(/C=C/c1cccs1)N(Cc1ccccn1)c1nc2ccc(Br)cc2s1. The van der Waals surface area contributed by atoms with Gasteiger partial charge in [0.2, 0.25) is 0 Å². The summed E-state index contributed by atoms with van der Waals surface area (Å²) < 4.78 is 2.02. The molecule has 0 aliphatic rings. The van der Waals surface area contributed by atoms with Gasteiger partial charge >= 0.3 is 0 Å². The summed E-state index contributed by atoms with van der Waals surface area (Å²) >= 11 is 6.58. The van der Waals surface area contributed by atoms with Gasteiger partial charge in [0.25, 0.3) is 5.91 Å². The van der Waals surface area contributed by atoms with Crippen molar-refractivity contribution in [3.63, 3.8) is 0 Å². The summed E-state index contributed by atoms with van der Waals surface area (Å²) in [5.41, 5.74) is 1.69. The molecule has 27 heavy (non-hydrogen) atoms. The first-order valence-electron chi connectivity index (χ1n) is 8.18. The van der Waals surface area contributed by atoms with Crippen molar-refractivity contribution in [2.75, 3.05) is 4.90 Å². The third-order valence-electron chi connectivity index (χ3n) is 3.82. The maximum Gasteiger partial charge on any atom is 0.253 e. The number of pyridine rings is 1. The van der Waals surface area contributed by atoms with Crippen molar-refractivity contribution in [3.05, 3.63) is 81.2 Å². The van der Waals surface area contributed by atoms with Crippen LogP contribution in [-0.4, -0.2) is 15.9 Å². The summed E-state index contributed by atoms with van der Waals surface area (Å²) in [6, 6.07) is 15.6. The molecule has 0 saturated carbocycles. The lowest BCUT2D eigenvalue weighted by Gasteiger charge is -2.17. The van der Waals surface area contributed by atoms with E-state index in [1.54, 1.807) is 28.5 Å². The van der Waals surface area contributed by atoms with Gasteiger partial charge in [0.15, 0.2) is 5.13 Å². The van der Waals surface area contributed by atoms with Crippen LogP contribution in [0.2, 0.25) is 0 Å². The van der Waals surface area contributed by atoms with Gasteiger partial charge in [-0.2, -0.15) is 0 Å². The van der Waals surface area contributed by atoms with Crippen LogP contribution in [0.4, 0.5) is 5.13 Å². The second kappa shape index (κ2) is 8.12. The number of fused-ring (bicyclic) bond motifs is 1. The Morgan fingerprint density at radius 3 is 2.89 bits per heavy atom. The number of thiophene rings is 1. The highest BCUT2D eigenvalue weighted by Gasteiger charge is 2.19. The van der Waals surface area contributed by atoms with E-state index < -0.39 is 0 Å². The topological polar surface area (TPSA) is 46.1 Å². The van der Waals surface area contributed by atoms with Gasteiger partial charge < -0.3 is 0 Å². The summed E-state index contributed by atoms with van der Waals surface area (Å²) in [6.45, 7) is 0.370. The Kier molecular flexibility index (Phi) is 5.42. The Bertz CT molecular complexity index is 1090. The van der Waals surface area contributed by atoms with Crippen LogP contribution < -0.4 is 4.90 Å². The largest absolute Gasteiger partial charge is 0.278 e. The smallest absolute Gasteiger partial charge is 0.253 e. The summed E-state index contributed by atoms with van der Waals surface area (Å²) in [5.74, 6) is -0.118. The number of hydrogen-bond donors (Lipinski definition) is 0. The number of aromatic nitrogens is 2.